The Hall–Kier alpha value is -0.520. The fourth-order valence-corrected chi connectivity index (χ4v) is 0.576. The molecule has 12 heavy (non-hydrogen) atoms. The third-order valence-electron chi connectivity index (χ3n) is 2.03. The SMILES string of the molecule is CC(=C=C[C@@H](O)C(C)C)C(C)C. The van der Waals surface area contributed by atoms with Crippen LogP contribution in [0, 0.1) is 11.8 Å². The van der Waals surface area contributed by atoms with E-state index in [1.54, 1.807) is 6.08 Å². The summed E-state index contributed by atoms with van der Waals surface area (Å²) in [7, 11) is 0. The van der Waals surface area contributed by atoms with Gasteiger partial charge in [0.05, 0.1) is 6.10 Å². The molecule has 0 unspecified atom stereocenters. The quantitative estimate of drug-likeness (QED) is 0.642. The van der Waals surface area contributed by atoms with Crippen molar-refractivity contribution in [3.8, 4) is 0 Å². The first kappa shape index (κ1) is 11.5. The van der Waals surface area contributed by atoms with Gasteiger partial charge in [-0.05, 0) is 30.4 Å². The van der Waals surface area contributed by atoms with E-state index in [1.165, 1.54) is 5.57 Å². The van der Waals surface area contributed by atoms with Crippen LogP contribution in [0.25, 0.3) is 0 Å². The van der Waals surface area contributed by atoms with Crippen LogP contribution in [-0.2, 0) is 0 Å². The van der Waals surface area contributed by atoms with Crippen molar-refractivity contribution in [1.29, 1.82) is 0 Å². The van der Waals surface area contributed by atoms with Gasteiger partial charge in [0.15, 0.2) is 0 Å². The molecule has 0 aliphatic heterocycles. The summed E-state index contributed by atoms with van der Waals surface area (Å²) in [6, 6.07) is 0. The van der Waals surface area contributed by atoms with Crippen LogP contribution < -0.4 is 0 Å². The van der Waals surface area contributed by atoms with Crippen molar-refractivity contribution in [3.05, 3.63) is 17.4 Å². The second-order valence-corrected chi connectivity index (χ2v) is 3.88. The number of aliphatic hydroxyl groups excluding tert-OH is 1. The molecular weight excluding hydrogens is 148 g/mol. The largest absolute Gasteiger partial charge is 0.388 e. The number of rotatable bonds is 3. The minimum absolute atomic E-state index is 0.275. The minimum atomic E-state index is -0.362. The third-order valence-corrected chi connectivity index (χ3v) is 2.03. The molecule has 1 N–H and O–H groups in total. The van der Waals surface area contributed by atoms with Crippen LogP contribution in [0.15, 0.2) is 17.4 Å². The van der Waals surface area contributed by atoms with E-state index in [-0.39, 0.29) is 12.0 Å². The molecule has 0 amide bonds. The highest BCUT2D eigenvalue weighted by atomic mass is 16.3. The number of aliphatic hydroxyl groups is 1. The molecule has 0 bridgehead atoms. The molecule has 1 nitrogen and oxygen atoms in total. The first-order chi connectivity index (χ1) is 5.45. The normalized spacial score (nSPS) is 13.0. The average molecular weight is 168 g/mol. The second kappa shape index (κ2) is 5.18. The Morgan fingerprint density at radius 2 is 1.75 bits per heavy atom. The van der Waals surface area contributed by atoms with Gasteiger partial charge in [-0.2, -0.15) is 0 Å². The zero-order valence-corrected chi connectivity index (χ0v) is 8.76. The molecule has 1 atom stereocenters. The summed E-state index contributed by atoms with van der Waals surface area (Å²) in [6.45, 7) is 10.3. The lowest BCUT2D eigenvalue weighted by Crippen LogP contribution is -2.10. The Kier molecular flexibility index (Phi) is 4.96. The van der Waals surface area contributed by atoms with Gasteiger partial charge in [-0.25, -0.2) is 0 Å². The predicted molar refractivity (Wildman–Crippen MR) is 53.0 cm³/mol. The smallest absolute Gasteiger partial charge is 0.0817 e. The highest BCUT2D eigenvalue weighted by Gasteiger charge is 2.03. The zero-order valence-electron chi connectivity index (χ0n) is 8.76. The molecular formula is C11H20O. The minimum Gasteiger partial charge on any atom is -0.388 e. The molecule has 0 spiro atoms. The van der Waals surface area contributed by atoms with Gasteiger partial charge in [0.2, 0.25) is 0 Å². The molecule has 0 heterocycles. The van der Waals surface area contributed by atoms with Crippen LogP contribution in [0.1, 0.15) is 34.6 Å². The van der Waals surface area contributed by atoms with Gasteiger partial charge in [0, 0.05) is 0 Å². The number of hydrogen-bond donors (Lipinski definition) is 1. The van der Waals surface area contributed by atoms with Gasteiger partial charge in [0.25, 0.3) is 0 Å². The summed E-state index contributed by atoms with van der Waals surface area (Å²) < 4.78 is 0. The van der Waals surface area contributed by atoms with E-state index in [1.807, 2.05) is 20.8 Å². The molecule has 0 fully saturated rings. The van der Waals surface area contributed by atoms with Crippen LogP contribution in [-0.4, -0.2) is 11.2 Å². The van der Waals surface area contributed by atoms with Gasteiger partial charge in [-0.3, -0.25) is 0 Å². The maximum Gasteiger partial charge on any atom is 0.0817 e. The zero-order chi connectivity index (χ0) is 9.72. The van der Waals surface area contributed by atoms with Gasteiger partial charge in [0.1, 0.15) is 0 Å². The summed E-state index contributed by atoms with van der Waals surface area (Å²) in [4.78, 5) is 0. The molecule has 0 saturated heterocycles. The maximum absolute atomic E-state index is 9.43. The Morgan fingerprint density at radius 3 is 2.08 bits per heavy atom. The maximum atomic E-state index is 9.43. The van der Waals surface area contributed by atoms with Crippen LogP contribution in [0.3, 0.4) is 0 Å². The van der Waals surface area contributed by atoms with Crippen LogP contribution in [0.5, 0.6) is 0 Å². The monoisotopic (exact) mass is 168 g/mol. The molecule has 0 aromatic carbocycles. The van der Waals surface area contributed by atoms with E-state index in [4.69, 9.17) is 0 Å². The van der Waals surface area contributed by atoms with Gasteiger partial charge in [-0.1, -0.05) is 27.7 Å². The van der Waals surface area contributed by atoms with Crippen LogP contribution in [0.4, 0.5) is 0 Å². The van der Waals surface area contributed by atoms with E-state index >= 15 is 0 Å². The molecule has 0 radical (unpaired) electrons. The van der Waals surface area contributed by atoms with Crippen molar-refractivity contribution >= 4 is 0 Å². The van der Waals surface area contributed by atoms with Gasteiger partial charge in [-0.15, -0.1) is 5.73 Å². The summed E-state index contributed by atoms with van der Waals surface area (Å²) in [5.41, 5.74) is 4.29. The standard InChI is InChI=1S/C11H20O/c1-8(2)10(5)6-7-11(12)9(3)4/h7-9,11-12H,1-5H3/t6?,11-/m1/s1. The van der Waals surface area contributed by atoms with Crippen molar-refractivity contribution in [2.75, 3.05) is 0 Å². The molecule has 0 aliphatic rings. The van der Waals surface area contributed by atoms with Crippen molar-refractivity contribution in [3.63, 3.8) is 0 Å². The first-order valence-electron chi connectivity index (χ1n) is 4.56. The van der Waals surface area contributed by atoms with E-state index in [0.29, 0.717) is 5.92 Å². The highest BCUT2D eigenvalue weighted by Crippen LogP contribution is 2.07. The van der Waals surface area contributed by atoms with Crippen molar-refractivity contribution in [2.24, 2.45) is 11.8 Å². The van der Waals surface area contributed by atoms with Gasteiger partial charge < -0.3 is 5.11 Å². The average Bonchev–Trinajstić information content (AvgIpc) is 1.98. The fraction of sp³-hybridized carbons (Fsp3) is 0.727. The van der Waals surface area contributed by atoms with Crippen molar-refractivity contribution in [1.82, 2.24) is 0 Å². The van der Waals surface area contributed by atoms with Crippen LogP contribution >= 0.6 is 0 Å². The Bertz CT molecular complexity index is 183. The molecule has 0 saturated carbocycles. The lowest BCUT2D eigenvalue weighted by atomic mass is 10.0. The van der Waals surface area contributed by atoms with Gasteiger partial charge >= 0.3 is 0 Å². The Balaban J connectivity index is 4.30. The summed E-state index contributed by atoms with van der Waals surface area (Å²) in [5, 5.41) is 9.43. The van der Waals surface area contributed by atoms with Crippen molar-refractivity contribution in [2.45, 2.75) is 40.7 Å². The third kappa shape index (κ3) is 4.38. The van der Waals surface area contributed by atoms with Crippen LogP contribution in [0.2, 0.25) is 0 Å². The van der Waals surface area contributed by atoms with E-state index < -0.39 is 0 Å². The first-order valence-corrected chi connectivity index (χ1v) is 4.56. The molecule has 0 aliphatic carbocycles. The van der Waals surface area contributed by atoms with Crippen molar-refractivity contribution < 1.29 is 5.11 Å². The molecule has 0 aromatic rings. The molecule has 1 heteroatoms. The summed E-state index contributed by atoms with van der Waals surface area (Å²) >= 11 is 0. The number of hydrogen-bond acceptors (Lipinski definition) is 1. The molecule has 70 valence electrons. The predicted octanol–water partition coefficient (Wildman–Crippen LogP) is 2.76. The summed E-state index contributed by atoms with van der Waals surface area (Å²) in [5.74, 6) is 0.790. The van der Waals surface area contributed by atoms with E-state index in [2.05, 4.69) is 19.6 Å². The Labute approximate surface area is 75.8 Å². The molecule has 0 rings (SSSR count). The topological polar surface area (TPSA) is 20.2 Å². The molecule has 0 aromatic heterocycles. The summed E-state index contributed by atoms with van der Waals surface area (Å²) in [6.07, 6.45) is 1.39. The lowest BCUT2D eigenvalue weighted by Gasteiger charge is -2.07. The Morgan fingerprint density at radius 1 is 1.25 bits per heavy atom. The lowest BCUT2D eigenvalue weighted by molar-refractivity contribution is 0.172. The van der Waals surface area contributed by atoms with E-state index in [0.717, 1.165) is 0 Å². The van der Waals surface area contributed by atoms with E-state index in [9.17, 15) is 5.11 Å². The highest BCUT2D eigenvalue weighted by molar-refractivity contribution is 5.02. The fourth-order valence-electron chi connectivity index (χ4n) is 0.576. The second-order valence-electron chi connectivity index (χ2n) is 3.88.